The Balaban J connectivity index is 3.38. The summed E-state index contributed by atoms with van der Waals surface area (Å²) in [5.41, 5.74) is 1.68. The number of benzene rings is 1. The third-order valence-electron chi connectivity index (χ3n) is 4.24. The van der Waals surface area contributed by atoms with E-state index in [1.807, 2.05) is 12.1 Å². The van der Waals surface area contributed by atoms with Crippen molar-refractivity contribution in [1.29, 1.82) is 0 Å². The first kappa shape index (κ1) is 20.9. The maximum atomic E-state index is 9.70. The monoisotopic (exact) mass is 333 g/mol. The summed E-state index contributed by atoms with van der Waals surface area (Å²) < 4.78 is 0. The maximum absolute atomic E-state index is 9.70. The lowest BCUT2D eigenvalue weighted by Crippen LogP contribution is -2.58. The smallest absolute Gasteiger partial charge is 0.115 e. The highest BCUT2D eigenvalue weighted by Gasteiger charge is 2.41. The second-order valence-electron chi connectivity index (χ2n) is 11.0. The first-order valence-corrected chi connectivity index (χ1v) is 9.13. The molecule has 1 rings (SSSR count). The number of nitrogens with zero attached hydrogens (tertiary/aromatic N) is 1. The molecule has 2 heteroatoms. The van der Waals surface area contributed by atoms with E-state index >= 15 is 0 Å². The van der Waals surface area contributed by atoms with Gasteiger partial charge in [-0.2, -0.15) is 0 Å². The van der Waals surface area contributed by atoms with Crippen LogP contribution in [-0.2, 0) is 0 Å². The van der Waals surface area contributed by atoms with Crippen molar-refractivity contribution in [2.24, 2.45) is 10.8 Å². The summed E-state index contributed by atoms with van der Waals surface area (Å²) in [6.45, 7) is 23.2. The van der Waals surface area contributed by atoms with Crippen LogP contribution in [0.5, 0.6) is 5.75 Å². The zero-order valence-electron chi connectivity index (χ0n) is 17.6. The number of hydrogen-bond acceptors (Lipinski definition) is 2. The summed E-state index contributed by atoms with van der Waals surface area (Å²) in [5, 5.41) is 9.70. The molecule has 0 spiro atoms. The molecule has 0 amide bonds. The Hall–Kier alpha value is -1.18. The highest BCUT2D eigenvalue weighted by molar-refractivity contribution is 5.53. The largest absolute Gasteiger partial charge is 0.508 e. The fraction of sp³-hybridized carbons (Fsp3) is 0.727. The number of phenols is 1. The summed E-state index contributed by atoms with van der Waals surface area (Å²) >= 11 is 0. The lowest BCUT2D eigenvalue weighted by atomic mass is 9.75. The Kier molecular flexibility index (Phi) is 5.75. The number of anilines is 1. The molecule has 0 radical (unpaired) electrons. The van der Waals surface area contributed by atoms with Gasteiger partial charge in [0.2, 0.25) is 0 Å². The minimum Gasteiger partial charge on any atom is -0.508 e. The van der Waals surface area contributed by atoms with Crippen molar-refractivity contribution < 1.29 is 5.11 Å². The van der Waals surface area contributed by atoms with Crippen molar-refractivity contribution in [3.05, 3.63) is 24.3 Å². The lowest BCUT2D eigenvalue weighted by molar-refractivity contribution is 0.199. The molecule has 0 aromatic heterocycles. The summed E-state index contributed by atoms with van der Waals surface area (Å²) in [4.78, 5) is 2.57. The van der Waals surface area contributed by atoms with Gasteiger partial charge < -0.3 is 10.0 Å². The van der Waals surface area contributed by atoms with Crippen LogP contribution in [0.25, 0.3) is 0 Å². The van der Waals surface area contributed by atoms with Crippen LogP contribution in [-0.4, -0.2) is 16.2 Å². The zero-order chi connectivity index (χ0) is 19.0. The zero-order valence-corrected chi connectivity index (χ0v) is 17.6. The van der Waals surface area contributed by atoms with E-state index in [1.54, 1.807) is 12.1 Å². The van der Waals surface area contributed by atoms with Gasteiger partial charge in [-0.05, 0) is 75.6 Å². The van der Waals surface area contributed by atoms with Crippen LogP contribution < -0.4 is 4.90 Å². The number of phenolic OH excluding ortho intramolecular Hbond substituents is 1. The Bertz CT molecular complexity index is 499. The second-order valence-corrected chi connectivity index (χ2v) is 11.0. The van der Waals surface area contributed by atoms with Gasteiger partial charge in [0.15, 0.2) is 0 Å². The Morgan fingerprint density at radius 2 is 1.00 bits per heavy atom. The molecule has 1 N–H and O–H groups in total. The Labute approximate surface area is 150 Å². The fourth-order valence-electron chi connectivity index (χ4n) is 4.87. The molecular weight excluding hydrogens is 294 g/mol. The van der Waals surface area contributed by atoms with Crippen molar-refractivity contribution in [3.8, 4) is 5.75 Å². The van der Waals surface area contributed by atoms with Gasteiger partial charge >= 0.3 is 0 Å². The second kappa shape index (κ2) is 6.61. The van der Waals surface area contributed by atoms with Crippen LogP contribution in [0, 0.1) is 10.8 Å². The van der Waals surface area contributed by atoms with Gasteiger partial charge in [-0.3, -0.25) is 0 Å². The first-order chi connectivity index (χ1) is 10.5. The van der Waals surface area contributed by atoms with Crippen molar-refractivity contribution >= 4 is 5.69 Å². The van der Waals surface area contributed by atoms with E-state index in [0.717, 1.165) is 12.8 Å². The SMILES string of the molecule is CC(C)(C)CC(C)(C)N(c1ccc(O)cc1)C(C)(C)CC(C)(C)C. The predicted molar refractivity (Wildman–Crippen MR) is 107 cm³/mol. The van der Waals surface area contributed by atoms with Crippen LogP contribution in [0.2, 0.25) is 0 Å². The minimum absolute atomic E-state index is 0.00394. The number of aromatic hydroxyl groups is 1. The van der Waals surface area contributed by atoms with Gasteiger partial charge in [0.25, 0.3) is 0 Å². The van der Waals surface area contributed by atoms with E-state index in [9.17, 15) is 5.11 Å². The third kappa shape index (κ3) is 6.03. The molecule has 24 heavy (non-hydrogen) atoms. The van der Waals surface area contributed by atoms with E-state index < -0.39 is 0 Å². The first-order valence-electron chi connectivity index (χ1n) is 9.13. The molecule has 0 aliphatic carbocycles. The summed E-state index contributed by atoms with van der Waals surface area (Å²) in [6, 6.07) is 7.68. The van der Waals surface area contributed by atoms with Crippen molar-refractivity contribution in [1.82, 2.24) is 0 Å². The molecule has 1 aromatic rings. The van der Waals surface area contributed by atoms with Gasteiger partial charge in [-0.15, -0.1) is 0 Å². The van der Waals surface area contributed by atoms with E-state index in [-0.39, 0.29) is 21.9 Å². The average molecular weight is 334 g/mol. The quantitative estimate of drug-likeness (QED) is 0.654. The molecule has 0 atom stereocenters. The van der Waals surface area contributed by atoms with Crippen molar-refractivity contribution in [2.45, 2.75) is 93.2 Å². The van der Waals surface area contributed by atoms with Gasteiger partial charge in [0, 0.05) is 16.8 Å². The lowest BCUT2D eigenvalue weighted by Gasteiger charge is -2.54. The van der Waals surface area contributed by atoms with Crippen LogP contribution in [0.4, 0.5) is 5.69 Å². The average Bonchev–Trinajstić information content (AvgIpc) is 2.24. The van der Waals surface area contributed by atoms with E-state index in [0.29, 0.717) is 5.75 Å². The van der Waals surface area contributed by atoms with E-state index in [4.69, 9.17) is 0 Å². The molecule has 0 bridgehead atoms. The number of rotatable bonds is 5. The van der Waals surface area contributed by atoms with Crippen molar-refractivity contribution in [3.63, 3.8) is 0 Å². The molecule has 1 aromatic carbocycles. The molecular formula is C22H39NO. The minimum atomic E-state index is 0.00394. The topological polar surface area (TPSA) is 23.5 Å². The van der Waals surface area contributed by atoms with Crippen LogP contribution in [0.3, 0.4) is 0 Å². The normalized spacial score (nSPS) is 13.9. The molecule has 0 fully saturated rings. The van der Waals surface area contributed by atoms with Gasteiger partial charge in [-0.25, -0.2) is 0 Å². The van der Waals surface area contributed by atoms with Crippen molar-refractivity contribution in [2.75, 3.05) is 4.90 Å². The molecule has 0 aliphatic rings. The fourth-order valence-corrected chi connectivity index (χ4v) is 4.87. The molecule has 0 unspecified atom stereocenters. The van der Waals surface area contributed by atoms with E-state index in [2.05, 4.69) is 74.1 Å². The third-order valence-corrected chi connectivity index (χ3v) is 4.24. The van der Waals surface area contributed by atoms with Crippen LogP contribution in [0.15, 0.2) is 24.3 Å². The van der Waals surface area contributed by atoms with Gasteiger partial charge in [-0.1, -0.05) is 41.5 Å². The molecule has 0 heterocycles. The van der Waals surface area contributed by atoms with E-state index in [1.165, 1.54) is 5.69 Å². The standard InChI is InChI=1S/C22H39NO/c1-19(2,3)15-21(7,8)23(17-11-13-18(24)14-12-17)22(9,10)16-20(4,5)6/h11-14,24H,15-16H2,1-10H3. The molecule has 138 valence electrons. The maximum Gasteiger partial charge on any atom is 0.115 e. The van der Waals surface area contributed by atoms with Crippen LogP contribution in [0.1, 0.15) is 82.1 Å². The highest BCUT2D eigenvalue weighted by atomic mass is 16.3. The Morgan fingerprint density at radius 3 is 1.29 bits per heavy atom. The van der Waals surface area contributed by atoms with Gasteiger partial charge in [0.1, 0.15) is 5.75 Å². The molecule has 2 nitrogen and oxygen atoms in total. The summed E-state index contributed by atoms with van der Waals surface area (Å²) in [5.74, 6) is 0.320. The Morgan fingerprint density at radius 1 is 0.667 bits per heavy atom. The van der Waals surface area contributed by atoms with Crippen LogP contribution >= 0.6 is 0 Å². The molecule has 0 aliphatic heterocycles. The highest BCUT2D eigenvalue weighted by Crippen LogP contribution is 2.43. The predicted octanol–water partition coefficient (Wildman–Crippen LogP) is 6.63. The summed E-state index contributed by atoms with van der Waals surface area (Å²) in [6.07, 6.45) is 2.18. The molecule has 0 saturated heterocycles. The van der Waals surface area contributed by atoms with Gasteiger partial charge in [0.05, 0.1) is 0 Å². The molecule has 0 saturated carbocycles. The number of hydrogen-bond donors (Lipinski definition) is 1. The summed E-state index contributed by atoms with van der Waals surface area (Å²) in [7, 11) is 0.